The van der Waals surface area contributed by atoms with Crippen LogP contribution < -0.4 is 10.1 Å². The fourth-order valence-corrected chi connectivity index (χ4v) is 4.73. The first-order chi connectivity index (χ1) is 15.1. The Bertz CT molecular complexity index is 1120. The van der Waals surface area contributed by atoms with Gasteiger partial charge in [-0.05, 0) is 17.7 Å². The SMILES string of the molecule is COc1ccccc1CN1CCN2C(=O)[C@H](Cc3c[nH]c4ccccc34)NC(=O)[C@H]2C1. The van der Waals surface area contributed by atoms with Gasteiger partial charge in [-0.15, -0.1) is 0 Å². The van der Waals surface area contributed by atoms with Gasteiger partial charge < -0.3 is 19.9 Å². The molecule has 2 fully saturated rings. The number of aromatic amines is 1. The highest BCUT2D eigenvalue weighted by Crippen LogP contribution is 2.25. The molecule has 0 saturated carbocycles. The van der Waals surface area contributed by atoms with Crippen molar-refractivity contribution < 1.29 is 14.3 Å². The molecule has 0 unspecified atom stereocenters. The van der Waals surface area contributed by atoms with Crippen molar-refractivity contribution in [2.45, 2.75) is 25.0 Å². The highest BCUT2D eigenvalue weighted by Gasteiger charge is 2.43. The molecular weight excluding hydrogens is 392 g/mol. The van der Waals surface area contributed by atoms with Gasteiger partial charge in [0.05, 0.1) is 7.11 Å². The van der Waals surface area contributed by atoms with Crippen LogP contribution in [0.2, 0.25) is 0 Å². The minimum atomic E-state index is -0.524. The van der Waals surface area contributed by atoms with Crippen LogP contribution in [0.25, 0.3) is 10.9 Å². The third-order valence-electron chi connectivity index (χ3n) is 6.35. The molecule has 5 rings (SSSR count). The van der Waals surface area contributed by atoms with E-state index in [9.17, 15) is 9.59 Å². The molecule has 0 radical (unpaired) electrons. The molecule has 1 aromatic heterocycles. The molecular formula is C24H26N4O3. The van der Waals surface area contributed by atoms with Crippen LogP contribution in [0.15, 0.2) is 54.7 Å². The van der Waals surface area contributed by atoms with E-state index >= 15 is 0 Å². The Morgan fingerprint density at radius 1 is 1.03 bits per heavy atom. The third kappa shape index (κ3) is 3.65. The molecule has 7 heteroatoms. The zero-order valence-electron chi connectivity index (χ0n) is 17.5. The lowest BCUT2D eigenvalue weighted by Gasteiger charge is -2.45. The Kier molecular flexibility index (Phi) is 5.11. The van der Waals surface area contributed by atoms with E-state index in [4.69, 9.17) is 4.74 Å². The first-order valence-electron chi connectivity index (χ1n) is 10.6. The van der Waals surface area contributed by atoms with Crippen LogP contribution in [0.1, 0.15) is 11.1 Å². The number of hydrogen-bond acceptors (Lipinski definition) is 4. The van der Waals surface area contributed by atoms with E-state index < -0.39 is 12.1 Å². The van der Waals surface area contributed by atoms with Gasteiger partial charge in [0.15, 0.2) is 0 Å². The van der Waals surface area contributed by atoms with E-state index in [1.165, 1.54) is 0 Å². The van der Waals surface area contributed by atoms with Crippen molar-refractivity contribution in [2.75, 3.05) is 26.7 Å². The number of nitrogens with one attached hydrogen (secondary N) is 2. The van der Waals surface area contributed by atoms with Crippen molar-refractivity contribution in [1.29, 1.82) is 0 Å². The van der Waals surface area contributed by atoms with Gasteiger partial charge >= 0.3 is 0 Å². The van der Waals surface area contributed by atoms with E-state index in [1.54, 1.807) is 12.0 Å². The summed E-state index contributed by atoms with van der Waals surface area (Å²) in [4.78, 5) is 33.3. The van der Waals surface area contributed by atoms with E-state index in [-0.39, 0.29) is 11.8 Å². The van der Waals surface area contributed by atoms with Gasteiger partial charge in [-0.3, -0.25) is 14.5 Å². The summed E-state index contributed by atoms with van der Waals surface area (Å²) in [6, 6.07) is 14.9. The Morgan fingerprint density at radius 2 is 1.84 bits per heavy atom. The number of methoxy groups -OCH3 is 1. The summed E-state index contributed by atoms with van der Waals surface area (Å²) >= 11 is 0. The van der Waals surface area contributed by atoms with Crippen molar-refractivity contribution in [3.8, 4) is 5.75 Å². The number of hydrogen-bond donors (Lipinski definition) is 2. The van der Waals surface area contributed by atoms with Crippen LogP contribution in [0.3, 0.4) is 0 Å². The van der Waals surface area contributed by atoms with Crippen molar-refractivity contribution in [1.82, 2.24) is 20.1 Å². The Hall–Kier alpha value is -3.32. The van der Waals surface area contributed by atoms with Crippen molar-refractivity contribution in [3.05, 3.63) is 65.9 Å². The summed E-state index contributed by atoms with van der Waals surface area (Å²) < 4.78 is 5.45. The number of carbonyl (C=O) groups excluding carboxylic acids is 2. The van der Waals surface area contributed by atoms with Gasteiger partial charge in [0, 0.05) is 55.3 Å². The summed E-state index contributed by atoms with van der Waals surface area (Å²) in [6.45, 7) is 2.49. The molecule has 2 aliphatic heterocycles. The standard InChI is InChI=1S/C24H26N4O3/c1-31-22-9-5-2-6-16(22)14-27-10-11-28-21(15-27)23(29)26-20(24(28)30)12-17-13-25-19-8-4-3-7-18(17)19/h2-9,13,20-21,25H,10-12,14-15H2,1H3,(H,26,29)/t20-,21+/m0/s1. The molecule has 7 nitrogen and oxygen atoms in total. The number of para-hydroxylation sites is 2. The average molecular weight is 418 g/mol. The van der Waals surface area contributed by atoms with Gasteiger partial charge in [-0.25, -0.2) is 0 Å². The van der Waals surface area contributed by atoms with E-state index in [2.05, 4.69) is 15.2 Å². The van der Waals surface area contributed by atoms with Gasteiger partial charge in [0.1, 0.15) is 17.8 Å². The summed E-state index contributed by atoms with van der Waals surface area (Å²) in [6.07, 6.45) is 2.42. The number of rotatable bonds is 5. The molecule has 2 amide bonds. The molecule has 2 atom stereocenters. The monoisotopic (exact) mass is 418 g/mol. The summed E-state index contributed by atoms with van der Waals surface area (Å²) in [7, 11) is 1.66. The maximum atomic E-state index is 13.2. The van der Waals surface area contributed by atoms with Crippen LogP contribution in [-0.4, -0.2) is 65.4 Å². The van der Waals surface area contributed by atoms with Gasteiger partial charge in [0.2, 0.25) is 11.8 Å². The molecule has 0 aliphatic carbocycles. The maximum Gasteiger partial charge on any atom is 0.246 e. The van der Waals surface area contributed by atoms with Crippen molar-refractivity contribution in [3.63, 3.8) is 0 Å². The number of fused-ring (bicyclic) bond motifs is 2. The first-order valence-corrected chi connectivity index (χ1v) is 10.6. The molecule has 2 aliphatic rings. The number of H-pyrrole nitrogens is 1. The molecule has 2 saturated heterocycles. The number of nitrogens with zero attached hydrogens (tertiary/aromatic N) is 2. The van der Waals surface area contributed by atoms with Crippen LogP contribution in [0, 0.1) is 0 Å². The van der Waals surface area contributed by atoms with Crippen molar-refractivity contribution in [2.24, 2.45) is 0 Å². The molecule has 3 heterocycles. The molecule has 0 spiro atoms. The highest BCUT2D eigenvalue weighted by molar-refractivity contribution is 5.98. The smallest absolute Gasteiger partial charge is 0.246 e. The highest BCUT2D eigenvalue weighted by atomic mass is 16.5. The van der Waals surface area contributed by atoms with Crippen LogP contribution in [0.5, 0.6) is 5.75 Å². The van der Waals surface area contributed by atoms with Crippen LogP contribution in [0.4, 0.5) is 0 Å². The van der Waals surface area contributed by atoms with E-state index in [0.29, 0.717) is 26.1 Å². The molecule has 2 aromatic carbocycles. The summed E-state index contributed by atoms with van der Waals surface area (Å²) in [5.41, 5.74) is 3.16. The van der Waals surface area contributed by atoms with E-state index in [1.807, 2.05) is 54.7 Å². The summed E-state index contributed by atoms with van der Waals surface area (Å²) in [5.74, 6) is 0.772. The lowest BCUT2D eigenvalue weighted by Crippen LogP contribution is -2.69. The second-order valence-electron chi connectivity index (χ2n) is 8.22. The normalized spacial score (nSPS) is 21.8. The number of aromatic nitrogens is 1. The second-order valence-corrected chi connectivity index (χ2v) is 8.22. The molecule has 31 heavy (non-hydrogen) atoms. The Balaban J connectivity index is 1.28. The minimum Gasteiger partial charge on any atom is -0.496 e. The van der Waals surface area contributed by atoms with Crippen LogP contribution >= 0.6 is 0 Å². The minimum absolute atomic E-state index is 0.00632. The number of amides is 2. The van der Waals surface area contributed by atoms with Crippen LogP contribution in [-0.2, 0) is 22.6 Å². The molecule has 160 valence electrons. The Labute approximate surface area is 181 Å². The fourth-order valence-electron chi connectivity index (χ4n) is 4.73. The Morgan fingerprint density at radius 3 is 2.71 bits per heavy atom. The number of ether oxygens (including phenoxy) is 1. The number of piperazine rings is 2. The predicted molar refractivity (Wildman–Crippen MR) is 118 cm³/mol. The maximum absolute atomic E-state index is 13.2. The van der Waals surface area contributed by atoms with Gasteiger partial charge in [0.25, 0.3) is 0 Å². The third-order valence-corrected chi connectivity index (χ3v) is 6.35. The number of carbonyl (C=O) groups is 2. The zero-order valence-corrected chi connectivity index (χ0v) is 17.5. The quantitative estimate of drug-likeness (QED) is 0.664. The fraction of sp³-hybridized carbons (Fsp3) is 0.333. The summed E-state index contributed by atoms with van der Waals surface area (Å²) in [5, 5.41) is 4.07. The topological polar surface area (TPSA) is 77.7 Å². The average Bonchev–Trinajstić information content (AvgIpc) is 3.20. The zero-order chi connectivity index (χ0) is 21.4. The van der Waals surface area contributed by atoms with Crippen molar-refractivity contribution >= 4 is 22.7 Å². The molecule has 2 N–H and O–H groups in total. The molecule has 0 bridgehead atoms. The predicted octanol–water partition coefficient (Wildman–Crippen LogP) is 1.93. The first kappa shape index (κ1) is 19.6. The van der Waals surface area contributed by atoms with Gasteiger partial charge in [-0.2, -0.15) is 0 Å². The van der Waals surface area contributed by atoms with Gasteiger partial charge in [-0.1, -0.05) is 36.4 Å². The number of benzene rings is 2. The van der Waals surface area contributed by atoms with E-state index in [0.717, 1.165) is 34.3 Å². The second kappa shape index (κ2) is 8.07. The lowest BCUT2D eigenvalue weighted by molar-refractivity contribution is -0.153. The lowest BCUT2D eigenvalue weighted by atomic mass is 9.98. The largest absolute Gasteiger partial charge is 0.496 e. The molecule has 3 aromatic rings.